The zero-order valence-electron chi connectivity index (χ0n) is 12.7. The molecule has 0 aliphatic carbocycles. The third kappa shape index (κ3) is 3.92. The number of aromatic nitrogens is 3. The summed E-state index contributed by atoms with van der Waals surface area (Å²) in [7, 11) is -4.74. The van der Waals surface area contributed by atoms with Crippen molar-refractivity contribution in [3.63, 3.8) is 0 Å². The first-order chi connectivity index (χ1) is 11.8. The molecule has 0 unspecified atom stereocenters. The lowest BCUT2D eigenvalue weighted by Crippen LogP contribution is -2.19. The van der Waals surface area contributed by atoms with Crippen molar-refractivity contribution >= 4 is 15.8 Å². The van der Waals surface area contributed by atoms with Crippen LogP contribution in [0.3, 0.4) is 0 Å². The molecule has 2 rings (SSSR count). The van der Waals surface area contributed by atoms with E-state index in [0.29, 0.717) is 0 Å². The van der Waals surface area contributed by atoms with Crippen LogP contribution in [-0.4, -0.2) is 40.2 Å². The van der Waals surface area contributed by atoms with E-state index in [1.54, 1.807) is 0 Å². The lowest BCUT2D eigenvalue weighted by Gasteiger charge is -2.10. The predicted molar refractivity (Wildman–Crippen MR) is 74.6 cm³/mol. The second-order valence-electron chi connectivity index (χ2n) is 4.96. The number of halogens is 5. The van der Waals surface area contributed by atoms with Crippen LogP contribution < -0.4 is 0 Å². The van der Waals surface area contributed by atoms with Gasteiger partial charge in [0, 0.05) is 6.20 Å². The average Bonchev–Trinajstić information content (AvgIpc) is 2.47. The van der Waals surface area contributed by atoms with E-state index in [1.165, 1.54) is 0 Å². The molecule has 0 aromatic carbocycles. The molecule has 0 saturated carbocycles. The summed E-state index contributed by atoms with van der Waals surface area (Å²) in [6.45, 7) is 0.988. The van der Waals surface area contributed by atoms with Crippen LogP contribution >= 0.6 is 0 Å². The third-order valence-corrected chi connectivity index (χ3v) is 4.46. The van der Waals surface area contributed by atoms with E-state index in [9.17, 15) is 35.2 Å². The SMILES string of the molecule is Cc1nc(-c2ncc(C(F)(F)F)cc2F)nc(S(=O)(=O)CC(=O)O)c1F. The van der Waals surface area contributed by atoms with Gasteiger partial charge in [0.2, 0.25) is 9.84 Å². The maximum Gasteiger partial charge on any atom is 0.417 e. The lowest BCUT2D eigenvalue weighted by atomic mass is 10.2. The Morgan fingerprint density at radius 1 is 1.23 bits per heavy atom. The Morgan fingerprint density at radius 2 is 1.85 bits per heavy atom. The van der Waals surface area contributed by atoms with E-state index >= 15 is 0 Å². The first kappa shape index (κ1) is 19.6. The maximum atomic E-state index is 14.0. The van der Waals surface area contributed by atoms with Crippen molar-refractivity contribution in [2.75, 3.05) is 5.75 Å². The number of carboxylic acids is 1. The van der Waals surface area contributed by atoms with E-state index in [2.05, 4.69) is 15.0 Å². The van der Waals surface area contributed by atoms with Crippen LogP contribution in [0, 0.1) is 18.6 Å². The van der Waals surface area contributed by atoms with Crippen molar-refractivity contribution in [3.8, 4) is 11.5 Å². The highest BCUT2D eigenvalue weighted by atomic mass is 32.2. The van der Waals surface area contributed by atoms with Crippen LogP contribution in [0.25, 0.3) is 11.5 Å². The van der Waals surface area contributed by atoms with Gasteiger partial charge in [-0.1, -0.05) is 0 Å². The highest BCUT2D eigenvalue weighted by Gasteiger charge is 2.33. The van der Waals surface area contributed by atoms with Crippen LogP contribution in [-0.2, 0) is 20.8 Å². The Balaban J connectivity index is 2.64. The van der Waals surface area contributed by atoms with Gasteiger partial charge in [0.05, 0.1) is 11.3 Å². The van der Waals surface area contributed by atoms with Gasteiger partial charge in [0.1, 0.15) is 5.69 Å². The molecule has 7 nitrogen and oxygen atoms in total. The fraction of sp³-hybridized carbons (Fsp3) is 0.231. The van der Waals surface area contributed by atoms with Gasteiger partial charge in [-0.2, -0.15) is 13.2 Å². The van der Waals surface area contributed by atoms with Crippen molar-refractivity contribution in [3.05, 3.63) is 35.2 Å². The molecule has 2 aromatic heterocycles. The van der Waals surface area contributed by atoms with Crippen molar-refractivity contribution in [2.24, 2.45) is 0 Å². The molecule has 0 bridgehead atoms. The van der Waals surface area contributed by atoms with E-state index in [1.807, 2.05) is 0 Å². The molecule has 1 N–H and O–H groups in total. The summed E-state index contributed by atoms with van der Waals surface area (Å²) in [4.78, 5) is 20.5. The molecule has 0 atom stereocenters. The number of alkyl halides is 3. The number of carbonyl (C=O) groups is 1. The molecular formula is C13H8F5N3O4S. The summed E-state index contributed by atoms with van der Waals surface area (Å²) >= 11 is 0. The second kappa shape index (κ2) is 6.55. The van der Waals surface area contributed by atoms with Crippen LogP contribution in [0.4, 0.5) is 22.0 Å². The van der Waals surface area contributed by atoms with Gasteiger partial charge in [-0.15, -0.1) is 0 Å². The second-order valence-corrected chi connectivity index (χ2v) is 6.86. The summed E-state index contributed by atoms with van der Waals surface area (Å²) in [6.07, 6.45) is -4.60. The van der Waals surface area contributed by atoms with Crippen LogP contribution in [0.15, 0.2) is 17.3 Å². The van der Waals surface area contributed by atoms with Crippen molar-refractivity contribution in [2.45, 2.75) is 18.1 Å². The molecule has 0 saturated heterocycles. The number of pyridine rings is 1. The molecule has 140 valence electrons. The largest absolute Gasteiger partial charge is 0.480 e. The fourth-order valence-corrected chi connectivity index (χ4v) is 2.94. The molecule has 0 amide bonds. The normalized spacial score (nSPS) is 12.2. The zero-order valence-corrected chi connectivity index (χ0v) is 13.5. The monoisotopic (exact) mass is 397 g/mol. The molecule has 0 aliphatic heterocycles. The number of nitrogens with zero attached hydrogens (tertiary/aromatic N) is 3. The Morgan fingerprint density at radius 3 is 2.35 bits per heavy atom. The van der Waals surface area contributed by atoms with Gasteiger partial charge in [-0.25, -0.2) is 32.2 Å². The number of rotatable bonds is 4. The topological polar surface area (TPSA) is 110 Å². The first-order valence-corrected chi connectivity index (χ1v) is 8.20. The van der Waals surface area contributed by atoms with Crippen LogP contribution in [0.1, 0.15) is 11.3 Å². The summed E-state index contributed by atoms with van der Waals surface area (Å²) < 4.78 is 89.4. The number of aryl methyl sites for hydroxylation is 1. The van der Waals surface area contributed by atoms with Gasteiger partial charge >= 0.3 is 12.1 Å². The van der Waals surface area contributed by atoms with E-state index in [4.69, 9.17) is 5.11 Å². The molecule has 0 radical (unpaired) electrons. The number of carboxylic acid groups (broad SMARTS) is 1. The zero-order chi connectivity index (χ0) is 19.9. The summed E-state index contributed by atoms with van der Waals surface area (Å²) in [5.74, 6) is -7.07. The van der Waals surface area contributed by atoms with Gasteiger partial charge in [0.15, 0.2) is 28.2 Å². The first-order valence-electron chi connectivity index (χ1n) is 6.54. The van der Waals surface area contributed by atoms with Crippen molar-refractivity contribution < 1.29 is 40.3 Å². The number of hydrogen-bond acceptors (Lipinski definition) is 6. The van der Waals surface area contributed by atoms with Crippen LogP contribution in [0.5, 0.6) is 0 Å². The Bertz CT molecular complexity index is 992. The van der Waals surface area contributed by atoms with E-state index < -0.39 is 67.2 Å². The minimum absolute atomic E-state index is 0.0931. The molecule has 0 spiro atoms. The quantitative estimate of drug-likeness (QED) is 0.621. The van der Waals surface area contributed by atoms with Crippen molar-refractivity contribution in [1.29, 1.82) is 0 Å². The average molecular weight is 397 g/mol. The number of sulfone groups is 1. The molecule has 0 aliphatic rings. The number of aliphatic carboxylic acids is 1. The standard InChI is InChI=1S/C13H8F5N3O4S/c1-5-9(15)12(26(24,25)4-8(22)23)21-11(20-5)10-7(14)2-6(3-19-10)13(16,17)18/h2-3H,4H2,1H3,(H,22,23). The Kier molecular flexibility index (Phi) is 4.94. The van der Waals surface area contributed by atoms with Crippen LogP contribution in [0.2, 0.25) is 0 Å². The van der Waals surface area contributed by atoms with Crippen molar-refractivity contribution in [1.82, 2.24) is 15.0 Å². The summed E-state index contributed by atoms with van der Waals surface area (Å²) in [6, 6.07) is 0.0931. The fourth-order valence-electron chi connectivity index (χ4n) is 1.83. The Labute approximate surface area is 142 Å². The minimum Gasteiger partial charge on any atom is -0.480 e. The summed E-state index contributed by atoms with van der Waals surface area (Å²) in [5.41, 5.74) is -2.84. The number of hydrogen-bond donors (Lipinski definition) is 1. The molecule has 13 heteroatoms. The van der Waals surface area contributed by atoms with E-state index in [0.717, 1.165) is 6.92 Å². The lowest BCUT2D eigenvalue weighted by molar-refractivity contribution is -0.138. The highest BCUT2D eigenvalue weighted by Crippen LogP contribution is 2.31. The molecule has 2 heterocycles. The minimum atomic E-state index is -4.87. The molecule has 26 heavy (non-hydrogen) atoms. The smallest absolute Gasteiger partial charge is 0.417 e. The highest BCUT2D eigenvalue weighted by molar-refractivity contribution is 7.92. The van der Waals surface area contributed by atoms with Gasteiger partial charge in [-0.05, 0) is 13.0 Å². The molecule has 0 fully saturated rings. The van der Waals surface area contributed by atoms with Gasteiger partial charge in [0.25, 0.3) is 0 Å². The third-order valence-electron chi connectivity index (χ3n) is 2.97. The van der Waals surface area contributed by atoms with Gasteiger partial charge < -0.3 is 5.11 Å². The predicted octanol–water partition coefficient (Wildman–Crippen LogP) is 2.00. The molecular weight excluding hydrogens is 389 g/mol. The molecule has 2 aromatic rings. The van der Waals surface area contributed by atoms with Gasteiger partial charge in [-0.3, -0.25) is 4.79 Å². The maximum absolute atomic E-state index is 14.0. The summed E-state index contributed by atoms with van der Waals surface area (Å²) in [5, 5.41) is 7.27. The van der Waals surface area contributed by atoms with E-state index in [-0.39, 0.29) is 12.3 Å². The Hall–Kier alpha value is -2.70.